The van der Waals surface area contributed by atoms with Crippen LogP contribution >= 0.6 is 0 Å². The van der Waals surface area contributed by atoms with Crippen LogP contribution in [0.4, 0.5) is 10.1 Å². The third-order valence-electron chi connectivity index (χ3n) is 2.71. The minimum absolute atomic E-state index is 0.150. The number of carbonyl (C=O) groups excluding carboxylic acids is 1. The quantitative estimate of drug-likeness (QED) is 0.717. The maximum absolute atomic E-state index is 13.6. The molecule has 1 aliphatic rings. The zero-order chi connectivity index (χ0) is 11.5. The van der Waals surface area contributed by atoms with Crippen molar-refractivity contribution in [3.8, 4) is 0 Å². The van der Waals surface area contributed by atoms with Crippen LogP contribution in [0.3, 0.4) is 0 Å². The summed E-state index contributed by atoms with van der Waals surface area (Å²) in [6.45, 7) is 4.22. The van der Waals surface area contributed by atoms with E-state index in [-0.39, 0.29) is 11.3 Å². The molecular weight excluding hydrogens is 209 g/mol. The number of hydrogen-bond acceptors (Lipinski definition) is 3. The van der Waals surface area contributed by atoms with Gasteiger partial charge in [0.1, 0.15) is 5.82 Å². The Labute approximate surface area is 93.8 Å². The van der Waals surface area contributed by atoms with E-state index in [4.69, 9.17) is 4.74 Å². The van der Waals surface area contributed by atoms with E-state index in [1.54, 1.807) is 12.1 Å². The van der Waals surface area contributed by atoms with Crippen molar-refractivity contribution < 1.29 is 13.9 Å². The van der Waals surface area contributed by atoms with E-state index < -0.39 is 5.82 Å². The van der Waals surface area contributed by atoms with Crippen molar-refractivity contribution in [2.24, 2.45) is 0 Å². The second-order valence-electron chi connectivity index (χ2n) is 3.82. The van der Waals surface area contributed by atoms with Crippen molar-refractivity contribution in [3.05, 3.63) is 29.6 Å². The predicted octanol–water partition coefficient (Wildman–Crippen LogP) is 1.86. The van der Waals surface area contributed by atoms with Gasteiger partial charge in [0.15, 0.2) is 5.78 Å². The number of halogens is 1. The van der Waals surface area contributed by atoms with Crippen LogP contribution in [0.5, 0.6) is 0 Å². The summed E-state index contributed by atoms with van der Waals surface area (Å²) in [6.07, 6.45) is 0. The van der Waals surface area contributed by atoms with E-state index in [9.17, 15) is 9.18 Å². The van der Waals surface area contributed by atoms with Crippen LogP contribution in [-0.2, 0) is 4.74 Å². The lowest BCUT2D eigenvalue weighted by molar-refractivity contribution is 0.101. The Hall–Kier alpha value is -1.42. The number of anilines is 1. The first-order valence-electron chi connectivity index (χ1n) is 5.31. The van der Waals surface area contributed by atoms with Crippen molar-refractivity contribution >= 4 is 11.5 Å². The van der Waals surface area contributed by atoms with Gasteiger partial charge in [0.05, 0.1) is 18.8 Å². The lowest BCUT2D eigenvalue weighted by Gasteiger charge is -2.28. The average molecular weight is 223 g/mol. The zero-order valence-corrected chi connectivity index (χ0v) is 9.20. The molecule has 1 aromatic carbocycles. The smallest absolute Gasteiger partial charge is 0.162 e. The Morgan fingerprint density at radius 3 is 2.62 bits per heavy atom. The molecule has 1 saturated heterocycles. The first-order chi connectivity index (χ1) is 7.68. The molecule has 4 heteroatoms. The molecule has 0 N–H and O–H groups in total. The molecule has 0 radical (unpaired) electrons. The number of hydrogen-bond donors (Lipinski definition) is 0. The minimum Gasteiger partial charge on any atom is -0.378 e. The summed E-state index contributed by atoms with van der Waals surface area (Å²) in [5, 5.41) is 0. The highest BCUT2D eigenvalue weighted by Crippen LogP contribution is 2.20. The summed E-state index contributed by atoms with van der Waals surface area (Å²) >= 11 is 0. The number of carbonyl (C=O) groups is 1. The highest BCUT2D eigenvalue weighted by atomic mass is 19.1. The molecule has 1 fully saturated rings. The normalized spacial score (nSPS) is 16.2. The van der Waals surface area contributed by atoms with Crippen molar-refractivity contribution in [1.29, 1.82) is 0 Å². The second-order valence-corrected chi connectivity index (χ2v) is 3.82. The van der Waals surface area contributed by atoms with E-state index in [1.165, 1.54) is 13.0 Å². The summed E-state index contributed by atoms with van der Waals surface area (Å²) in [7, 11) is 0. The molecule has 1 aromatic rings. The van der Waals surface area contributed by atoms with Crippen LogP contribution < -0.4 is 4.90 Å². The molecule has 86 valence electrons. The van der Waals surface area contributed by atoms with E-state index in [0.29, 0.717) is 13.2 Å². The fourth-order valence-electron chi connectivity index (χ4n) is 1.81. The number of ketones is 1. The van der Waals surface area contributed by atoms with Gasteiger partial charge < -0.3 is 9.64 Å². The molecule has 0 aromatic heterocycles. The van der Waals surface area contributed by atoms with Gasteiger partial charge in [-0.2, -0.15) is 0 Å². The van der Waals surface area contributed by atoms with E-state index in [2.05, 4.69) is 4.90 Å². The summed E-state index contributed by atoms with van der Waals surface area (Å²) in [5.74, 6) is -0.692. The summed E-state index contributed by atoms with van der Waals surface area (Å²) in [6, 6.07) is 4.75. The molecule has 0 bridgehead atoms. The van der Waals surface area contributed by atoms with E-state index in [1.807, 2.05) is 0 Å². The lowest BCUT2D eigenvalue weighted by Crippen LogP contribution is -2.36. The number of ether oxygens (including phenoxy) is 1. The maximum atomic E-state index is 13.6. The molecule has 0 unspecified atom stereocenters. The third kappa shape index (κ3) is 2.22. The SMILES string of the molecule is CC(=O)c1ccc(N2CCOCC2)cc1F. The van der Waals surface area contributed by atoms with Crippen LogP contribution in [0.2, 0.25) is 0 Å². The van der Waals surface area contributed by atoms with Crippen molar-refractivity contribution in [1.82, 2.24) is 0 Å². The molecule has 16 heavy (non-hydrogen) atoms. The predicted molar refractivity (Wildman–Crippen MR) is 59.4 cm³/mol. The molecule has 1 aliphatic heterocycles. The number of benzene rings is 1. The Bertz CT molecular complexity index is 400. The van der Waals surface area contributed by atoms with Crippen LogP contribution in [0.25, 0.3) is 0 Å². The number of rotatable bonds is 2. The first-order valence-corrected chi connectivity index (χ1v) is 5.31. The van der Waals surface area contributed by atoms with Crippen molar-refractivity contribution in [2.75, 3.05) is 31.2 Å². The standard InChI is InChI=1S/C12H14FNO2/c1-9(15)11-3-2-10(8-12(11)13)14-4-6-16-7-5-14/h2-3,8H,4-7H2,1H3. The fraction of sp³-hybridized carbons (Fsp3) is 0.417. The molecule has 0 aliphatic carbocycles. The molecule has 0 spiro atoms. The van der Waals surface area contributed by atoms with Gasteiger partial charge in [-0.25, -0.2) is 4.39 Å². The topological polar surface area (TPSA) is 29.5 Å². The number of nitrogens with zero attached hydrogens (tertiary/aromatic N) is 1. The molecular formula is C12H14FNO2. The van der Waals surface area contributed by atoms with E-state index >= 15 is 0 Å². The van der Waals surface area contributed by atoms with Crippen LogP contribution in [0.15, 0.2) is 18.2 Å². The molecule has 0 atom stereocenters. The molecule has 2 rings (SSSR count). The first kappa shape index (κ1) is 11.1. The van der Waals surface area contributed by atoms with Gasteiger partial charge in [-0.15, -0.1) is 0 Å². The zero-order valence-electron chi connectivity index (χ0n) is 9.20. The molecule has 1 heterocycles. The fourth-order valence-corrected chi connectivity index (χ4v) is 1.81. The molecule has 0 amide bonds. The highest BCUT2D eigenvalue weighted by molar-refractivity contribution is 5.94. The highest BCUT2D eigenvalue weighted by Gasteiger charge is 2.14. The van der Waals surface area contributed by atoms with Gasteiger partial charge in [-0.1, -0.05) is 0 Å². The minimum atomic E-state index is -0.448. The van der Waals surface area contributed by atoms with Gasteiger partial charge in [0.2, 0.25) is 0 Å². The van der Waals surface area contributed by atoms with Gasteiger partial charge in [-0.05, 0) is 25.1 Å². The van der Waals surface area contributed by atoms with Crippen LogP contribution in [-0.4, -0.2) is 32.1 Å². The van der Waals surface area contributed by atoms with Crippen LogP contribution in [0, 0.1) is 5.82 Å². The van der Waals surface area contributed by atoms with Gasteiger partial charge in [-0.3, -0.25) is 4.79 Å². The second kappa shape index (κ2) is 4.61. The average Bonchev–Trinajstić information content (AvgIpc) is 2.29. The Morgan fingerprint density at radius 1 is 1.38 bits per heavy atom. The monoisotopic (exact) mass is 223 g/mol. The van der Waals surface area contributed by atoms with Crippen LogP contribution in [0.1, 0.15) is 17.3 Å². The van der Waals surface area contributed by atoms with Gasteiger partial charge >= 0.3 is 0 Å². The lowest BCUT2D eigenvalue weighted by atomic mass is 10.1. The molecule has 3 nitrogen and oxygen atoms in total. The Kier molecular flexibility index (Phi) is 3.19. The summed E-state index contributed by atoms with van der Waals surface area (Å²) in [4.78, 5) is 13.1. The third-order valence-corrected chi connectivity index (χ3v) is 2.71. The maximum Gasteiger partial charge on any atom is 0.162 e. The molecule has 0 saturated carbocycles. The largest absolute Gasteiger partial charge is 0.378 e. The van der Waals surface area contributed by atoms with Crippen molar-refractivity contribution in [3.63, 3.8) is 0 Å². The number of Topliss-reactive ketones (excluding diaryl/α,β-unsaturated/α-hetero) is 1. The van der Waals surface area contributed by atoms with Crippen molar-refractivity contribution in [2.45, 2.75) is 6.92 Å². The van der Waals surface area contributed by atoms with E-state index in [0.717, 1.165) is 18.8 Å². The Morgan fingerprint density at radius 2 is 2.06 bits per heavy atom. The summed E-state index contributed by atoms with van der Waals surface area (Å²) < 4.78 is 18.8. The van der Waals surface area contributed by atoms with Gasteiger partial charge in [0.25, 0.3) is 0 Å². The van der Waals surface area contributed by atoms with Gasteiger partial charge in [0, 0.05) is 18.8 Å². The Balaban J connectivity index is 2.23. The number of morpholine rings is 1. The summed E-state index contributed by atoms with van der Waals surface area (Å²) in [5.41, 5.74) is 0.961.